The summed E-state index contributed by atoms with van der Waals surface area (Å²) in [5, 5.41) is 39.2. The number of aliphatic carboxylic acids is 1. The van der Waals surface area contributed by atoms with Crippen molar-refractivity contribution in [3.63, 3.8) is 0 Å². The lowest BCUT2D eigenvalue weighted by Crippen LogP contribution is -2.39. The normalized spacial score (nSPS) is 14.2. The number of halogens is 1. The average Bonchev–Trinajstić information content (AvgIpc) is 3.41. The molecule has 0 radical (unpaired) electrons. The van der Waals surface area contributed by atoms with Crippen LogP contribution in [0, 0.1) is 5.82 Å². The van der Waals surface area contributed by atoms with Gasteiger partial charge >= 0.3 is 5.97 Å². The van der Waals surface area contributed by atoms with Crippen LogP contribution in [-0.2, 0) is 11.3 Å². The number of para-hydroxylation sites is 1. The summed E-state index contributed by atoms with van der Waals surface area (Å²) < 4.78 is 16.0. The molecule has 0 spiro atoms. The average molecular weight is 645 g/mol. The minimum atomic E-state index is -1.18. The van der Waals surface area contributed by atoms with Gasteiger partial charge in [-0.25, -0.2) is 4.39 Å². The van der Waals surface area contributed by atoms with Gasteiger partial charge in [-0.2, -0.15) is 0 Å². The number of piperazine rings is 1. The van der Waals surface area contributed by atoms with Gasteiger partial charge in [-0.3, -0.25) is 9.59 Å². The molecule has 2 heterocycles. The number of carbonyl (C=O) groups is 2. The molecule has 1 saturated heterocycles. The zero-order valence-corrected chi connectivity index (χ0v) is 27.0. The number of amides is 1. The van der Waals surface area contributed by atoms with E-state index in [2.05, 4.69) is 16.0 Å². The number of hydrogen-bond acceptors (Lipinski definition) is 6. The number of aliphatic hydroxyl groups is 2. The van der Waals surface area contributed by atoms with Crippen molar-refractivity contribution < 1.29 is 29.3 Å². The SMILES string of the molecule is C1CNCCN1.CC(C)c1c(C(=O)Nc2ccccc2)c(-c2ccccc2)c(-c2ccc(F)cc2)n1CC[C@@H](O)C[C@@H](O)CC(=O)O. The molecule has 47 heavy (non-hydrogen) atoms. The van der Waals surface area contributed by atoms with E-state index in [9.17, 15) is 24.2 Å². The summed E-state index contributed by atoms with van der Waals surface area (Å²) in [7, 11) is 0. The third-order valence-electron chi connectivity index (χ3n) is 7.89. The number of benzene rings is 3. The summed E-state index contributed by atoms with van der Waals surface area (Å²) >= 11 is 0. The largest absolute Gasteiger partial charge is 0.481 e. The van der Waals surface area contributed by atoms with Crippen LogP contribution in [-0.4, -0.2) is 70.2 Å². The maximum atomic E-state index is 14.0. The summed E-state index contributed by atoms with van der Waals surface area (Å²) in [6, 6.07) is 24.8. The Balaban J connectivity index is 0.000000748. The van der Waals surface area contributed by atoms with E-state index in [1.54, 1.807) is 12.1 Å². The van der Waals surface area contributed by atoms with Crippen LogP contribution in [0.25, 0.3) is 22.4 Å². The standard InChI is InChI=1S/C33H35FN2O5.C4H10N2/c1-21(2)31-30(33(41)35-25-11-7-4-8-12-25)29(22-9-5-3-6-10-22)32(23-13-15-24(34)16-14-23)36(31)18-17-26(37)19-27(38)20-28(39)40;1-2-6-4-3-5-1/h3-16,21,26-27,37-38H,17-20H2,1-2H3,(H,35,41)(H,39,40);5-6H,1-4H2/t26-,27-;/m1./s1. The molecule has 6 N–H and O–H groups in total. The molecule has 4 aromatic rings. The maximum Gasteiger partial charge on any atom is 0.305 e. The van der Waals surface area contributed by atoms with Gasteiger partial charge in [0.1, 0.15) is 5.82 Å². The van der Waals surface area contributed by atoms with E-state index in [-0.39, 0.29) is 37.0 Å². The summed E-state index contributed by atoms with van der Waals surface area (Å²) in [5.74, 6) is -1.93. The highest BCUT2D eigenvalue weighted by atomic mass is 19.1. The van der Waals surface area contributed by atoms with E-state index in [1.807, 2.05) is 79.1 Å². The van der Waals surface area contributed by atoms with Crippen molar-refractivity contribution >= 4 is 17.6 Å². The predicted molar refractivity (Wildman–Crippen MR) is 183 cm³/mol. The van der Waals surface area contributed by atoms with Gasteiger partial charge in [0.2, 0.25) is 0 Å². The Hall–Kier alpha value is -4.35. The fraction of sp³-hybridized carbons (Fsp3) is 0.351. The number of nitrogens with zero attached hydrogens (tertiary/aromatic N) is 1. The number of carboxylic acid groups (broad SMARTS) is 1. The first-order chi connectivity index (χ1) is 22.7. The molecule has 1 amide bonds. The fourth-order valence-corrected chi connectivity index (χ4v) is 5.81. The van der Waals surface area contributed by atoms with Crippen LogP contribution < -0.4 is 16.0 Å². The molecule has 1 fully saturated rings. The number of anilines is 1. The molecule has 10 heteroatoms. The van der Waals surface area contributed by atoms with Crippen molar-refractivity contribution in [2.24, 2.45) is 0 Å². The fourth-order valence-electron chi connectivity index (χ4n) is 5.81. The van der Waals surface area contributed by atoms with E-state index in [0.717, 1.165) is 37.4 Å². The van der Waals surface area contributed by atoms with Crippen LogP contribution in [0.15, 0.2) is 84.9 Å². The number of carboxylic acids is 1. The Labute approximate surface area is 275 Å². The molecule has 1 aliphatic rings. The van der Waals surface area contributed by atoms with Crippen LogP contribution in [0.1, 0.15) is 55.1 Å². The molecule has 5 rings (SSSR count). The van der Waals surface area contributed by atoms with Crippen molar-refractivity contribution in [3.05, 3.63) is 102 Å². The molecule has 1 aliphatic heterocycles. The van der Waals surface area contributed by atoms with Gasteiger partial charge < -0.3 is 35.8 Å². The molecule has 0 saturated carbocycles. The lowest BCUT2D eigenvalue weighted by atomic mass is 9.94. The molecule has 3 aromatic carbocycles. The topological polar surface area (TPSA) is 136 Å². The zero-order valence-electron chi connectivity index (χ0n) is 27.0. The number of carbonyl (C=O) groups excluding carboxylic acids is 1. The monoisotopic (exact) mass is 644 g/mol. The van der Waals surface area contributed by atoms with E-state index >= 15 is 0 Å². The van der Waals surface area contributed by atoms with E-state index in [0.29, 0.717) is 28.1 Å². The van der Waals surface area contributed by atoms with Gasteiger partial charge in [0.25, 0.3) is 5.91 Å². The second-order valence-electron chi connectivity index (χ2n) is 11.9. The molecule has 1 aromatic heterocycles. The van der Waals surface area contributed by atoms with Crippen LogP contribution in [0.4, 0.5) is 10.1 Å². The Bertz CT molecular complexity index is 1560. The molecular weight excluding hydrogens is 599 g/mol. The van der Waals surface area contributed by atoms with E-state index in [1.165, 1.54) is 12.1 Å². The highest BCUT2D eigenvalue weighted by Crippen LogP contribution is 2.42. The smallest absolute Gasteiger partial charge is 0.305 e. The van der Waals surface area contributed by atoms with Gasteiger partial charge in [0.05, 0.1) is 29.9 Å². The first-order valence-corrected chi connectivity index (χ1v) is 16.1. The second kappa shape index (κ2) is 17.5. The Kier molecular flexibility index (Phi) is 13.2. The van der Waals surface area contributed by atoms with Crippen molar-refractivity contribution in [2.45, 2.75) is 57.8 Å². The molecule has 250 valence electrons. The van der Waals surface area contributed by atoms with E-state index < -0.39 is 24.6 Å². The summed E-state index contributed by atoms with van der Waals surface area (Å²) in [4.78, 5) is 25.0. The first kappa shape index (κ1) is 35.5. The molecule has 2 atom stereocenters. The molecule has 0 bridgehead atoms. The third-order valence-corrected chi connectivity index (χ3v) is 7.89. The second-order valence-corrected chi connectivity index (χ2v) is 11.9. The van der Waals surface area contributed by atoms with Crippen molar-refractivity contribution in [1.82, 2.24) is 15.2 Å². The highest BCUT2D eigenvalue weighted by Gasteiger charge is 2.31. The lowest BCUT2D eigenvalue weighted by Gasteiger charge is -2.20. The maximum absolute atomic E-state index is 14.0. The summed E-state index contributed by atoms with van der Waals surface area (Å²) in [5.41, 5.74) is 4.77. The Morgan fingerprint density at radius 3 is 1.94 bits per heavy atom. The lowest BCUT2D eigenvalue weighted by molar-refractivity contribution is -0.139. The first-order valence-electron chi connectivity index (χ1n) is 16.1. The number of rotatable bonds is 12. The minimum absolute atomic E-state index is 0.0939. The summed E-state index contributed by atoms with van der Waals surface area (Å²) in [6.07, 6.45) is -2.51. The number of nitrogens with one attached hydrogen (secondary N) is 3. The van der Waals surface area contributed by atoms with Crippen LogP contribution in [0.5, 0.6) is 0 Å². The van der Waals surface area contributed by atoms with Crippen LogP contribution >= 0.6 is 0 Å². The van der Waals surface area contributed by atoms with Gasteiger partial charge in [-0.05, 0) is 66.3 Å². The van der Waals surface area contributed by atoms with Gasteiger partial charge in [-0.1, -0.05) is 62.4 Å². The van der Waals surface area contributed by atoms with Gasteiger partial charge in [-0.15, -0.1) is 0 Å². The minimum Gasteiger partial charge on any atom is -0.481 e. The Morgan fingerprint density at radius 1 is 0.830 bits per heavy atom. The quantitative estimate of drug-likeness (QED) is 0.120. The van der Waals surface area contributed by atoms with Crippen molar-refractivity contribution in [2.75, 3.05) is 31.5 Å². The van der Waals surface area contributed by atoms with Gasteiger partial charge in [0.15, 0.2) is 0 Å². The summed E-state index contributed by atoms with van der Waals surface area (Å²) in [6.45, 7) is 8.81. The zero-order chi connectivity index (χ0) is 33.8. The molecule has 0 unspecified atom stereocenters. The van der Waals surface area contributed by atoms with Crippen LogP contribution in [0.3, 0.4) is 0 Å². The predicted octanol–water partition coefficient (Wildman–Crippen LogP) is 5.49. The van der Waals surface area contributed by atoms with Gasteiger partial charge in [0, 0.05) is 49.7 Å². The third kappa shape index (κ3) is 10.1. The molecular formula is C37H45FN4O5. The van der Waals surface area contributed by atoms with Crippen molar-refractivity contribution in [1.29, 1.82) is 0 Å². The van der Waals surface area contributed by atoms with E-state index in [4.69, 9.17) is 5.11 Å². The molecule has 9 nitrogen and oxygen atoms in total. The molecule has 0 aliphatic carbocycles. The number of aliphatic hydroxyl groups excluding tert-OH is 2. The van der Waals surface area contributed by atoms with Crippen molar-refractivity contribution in [3.8, 4) is 22.4 Å². The van der Waals surface area contributed by atoms with Crippen LogP contribution in [0.2, 0.25) is 0 Å². The Morgan fingerprint density at radius 2 is 1.40 bits per heavy atom. The number of hydrogen-bond donors (Lipinski definition) is 6. The number of aromatic nitrogens is 1. The highest BCUT2D eigenvalue weighted by molar-refractivity contribution is 6.12.